The molecule has 0 atom stereocenters. The molecule has 0 unspecified atom stereocenters. The highest BCUT2D eigenvalue weighted by molar-refractivity contribution is 5.84. The van der Waals surface area contributed by atoms with E-state index in [1.807, 2.05) is 0 Å². The minimum absolute atomic E-state index is 0.00684. The lowest BCUT2D eigenvalue weighted by Crippen LogP contribution is -1.95. The number of hydrogen-bond acceptors (Lipinski definition) is 7. The fourth-order valence-electron chi connectivity index (χ4n) is 2.63. The first-order chi connectivity index (χ1) is 12.6. The number of nitro benzene ring substituents is 1. The summed E-state index contributed by atoms with van der Waals surface area (Å²) in [5.41, 5.74) is 1.98. The van der Waals surface area contributed by atoms with Crippen LogP contribution in [-0.4, -0.2) is 31.4 Å². The Kier molecular flexibility index (Phi) is 4.74. The third-order valence-electron chi connectivity index (χ3n) is 3.89. The molecule has 0 aliphatic rings. The van der Waals surface area contributed by atoms with Crippen LogP contribution in [-0.2, 0) is 0 Å². The molecule has 0 saturated heterocycles. The van der Waals surface area contributed by atoms with Gasteiger partial charge in [0.15, 0.2) is 17.3 Å². The van der Waals surface area contributed by atoms with Crippen molar-refractivity contribution in [2.24, 2.45) is 0 Å². The maximum atomic E-state index is 10.8. The Hall–Kier alpha value is -3.55. The van der Waals surface area contributed by atoms with Gasteiger partial charge in [0.2, 0.25) is 0 Å². The lowest BCUT2D eigenvalue weighted by molar-refractivity contribution is -0.384. The first-order valence-electron chi connectivity index (χ1n) is 7.59. The van der Waals surface area contributed by atoms with Crippen LogP contribution in [0.1, 0.15) is 0 Å². The van der Waals surface area contributed by atoms with Crippen molar-refractivity contribution in [1.29, 1.82) is 0 Å². The van der Waals surface area contributed by atoms with E-state index in [0.717, 1.165) is 5.56 Å². The zero-order valence-electron chi connectivity index (χ0n) is 14.4. The van der Waals surface area contributed by atoms with Crippen LogP contribution in [0, 0.1) is 10.1 Å². The van der Waals surface area contributed by atoms with Crippen molar-refractivity contribution in [3.05, 3.63) is 52.7 Å². The number of methoxy groups -OCH3 is 3. The van der Waals surface area contributed by atoms with Crippen LogP contribution < -0.4 is 14.2 Å². The molecule has 0 amide bonds. The van der Waals surface area contributed by atoms with Gasteiger partial charge in [-0.3, -0.25) is 10.1 Å². The number of nitro groups is 1. The molecule has 26 heavy (non-hydrogen) atoms. The number of benzene rings is 2. The van der Waals surface area contributed by atoms with Gasteiger partial charge < -0.3 is 18.7 Å². The summed E-state index contributed by atoms with van der Waals surface area (Å²) in [4.78, 5) is 10.4. The summed E-state index contributed by atoms with van der Waals surface area (Å²) < 4.78 is 21.6. The lowest BCUT2D eigenvalue weighted by Gasteiger charge is -2.14. The number of non-ortho nitro benzene ring substituents is 1. The van der Waals surface area contributed by atoms with E-state index in [-0.39, 0.29) is 5.69 Å². The molecular formula is C18H16N2O6. The average molecular weight is 356 g/mol. The fraction of sp³-hybridized carbons (Fsp3) is 0.167. The highest BCUT2D eigenvalue weighted by Gasteiger charge is 2.22. The second kappa shape index (κ2) is 7.14. The third-order valence-corrected chi connectivity index (χ3v) is 3.89. The minimum Gasteiger partial charge on any atom is -0.497 e. The molecule has 3 aromatic rings. The summed E-state index contributed by atoms with van der Waals surface area (Å²) in [6.07, 6.45) is 1.54. The molecule has 0 N–H and O–H groups in total. The number of ether oxygens (including phenoxy) is 3. The summed E-state index contributed by atoms with van der Waals surface area (Å²) in [7, 11) is 4.59. The molecule has 8 heteroatoms. The van der Waals surface area contributed by atoms with Crippen LogP contribution in [0.5, 0.6) is 17.2 Å². The number of rotatable bonds is 6. The summed E-state index contributed by atoms with van der Waals surface area (Å²) in [5, 5.41) is 14.7. The molecule has 134 valence electrons. The van der Waals surface area contributed by atoms with Gasteiger partial charge in [0.05, 0.1) is 38.0 Å². The minimum atomic E-state index is -0.450. The van der Waals surface area contributed by atoms with Crippen molar-refractivity contribution in [2.45, 2.75) is 0 Å². The first-order valence-corrected chi connectivity index (χ1v) is 7.59. The maximum Gasteiger partial charge on any atom is 0.269 e. The molecule has 1 aromatic heterocycles. The summed E-state index contributed by atoms with van der Waals surface area (Å²) >= 11 is 0. The summed E-state index contributed by atoms with van der Waals surface area (Å²) in [6.45, 7) is 0. The van der Waals surface area contributed by atoms with Crippen LogP contribution in [0.25, 0.3) is 22.5 Å². The van der Waals surface area contributed by atoms with E-state index in [0.29, 0.717) is 34.1 Å². The van der Waals surface area contributed by atoms with E-state index in [1.54, 1.807) is 37.6 Å². The van der Waals surface area contributed by atoms with Crippen molar-refractivity contribution in [1.82, 2.24) is 5.16 Å². The lowest BCUT2D eigenvalue weighted by atomic mass is 10.0. The smallest absolute Gasteiger partial charge is 0.269 e. The first kappa shape index (κ1) is 17.3. The van der Waals surface area contributed by atoms with E-state index < -0.39 is 4.92 Å². The molecule has 0 fully saturated rings. The Labute approximate surface area is 149 Å². The molecular weight excluding hydrogens is 340 g/mol. The molecule has 2 aromatic carbocycles. The predicted molar refractivity (Wildman–Crippen MR) is 93.7 cm³/mol. The monoisotopic (exact) mass is 356 g/mol. The van der Waals surface area contributed by atoms with Crippen molar-refractivity contribution in [3.8, 4) is 39.7 Å². The van der Waals surface area contributed by atoms with E-state index in [1.165, 1.54) is 26.4 Å². The maximum absolute atomic E-state index is 10.8. The Morgan fingerprint density at radius 2 is 1.73 bits per heavy atom. The van der Waals surface area contributed by atoms with Crippen molar-refractivity contribution >= 4 is 5.69 Å². The molecule has 0 spiro atoms. The average Bonchev–Trinajstić information content (AvgIpc) is 3.16. The van der Waals surface area contributed by atoms with Gasteiger partial charge in [0.25, 0.3) is 5.69 Å². The quantitative estimate of drug-likeness (QED) is 0.487. The van der Waals surface area contributed by atoms with E-state index in [4.69, 9.17) is 18.7 Å². The SMILES string of the molecule is COc1cc(OC)c(OC)c(-c2oncc2-c2ccc([N+](=O)[O-])cc2)c1. The largest absolute Gasteiger partial charge is 0.497 e. The van der Waals surface area contributed by atoms with Gasteiger partial charge in [-0.25, -0.2) is 0 Å². The number of nitrogens with zero attached hydrogens (tertiary/aromatic N) is 2. The van der Waals surface area contributed by atoms with Crippen molar-refractivity contribution < 1.29 is 23.7 Å². The zero-order valence-corrected chi connectivity index (χ0v) is 14.4. The van der Waals surface area contributed by atoms with Gasteiger partial charge in [-0.1, -0.05) is 5.16 Å². The Bertz CT molecular complexity index is 933. The van der Waals surface area contributed by atoms with Gasteiger partial charge in [-0.2, -0.15) is 0 Å². The van der Waals surface area contributed by atoms with Crippen LogP contribution >= 0.6 is 0 Å². The summed E-state index contributed by atoms with van der Waals surface area (Å²) in [6, 6.07) is 9.57. The van der Waals surface area contributed by atoms with Gasteiger partial charge in [-0.15, -0.1) is 0 Å². The topological polar surface area (TPSA) is 96.9 Å². The van der Waals surface area contributed by atoms with E-state index >= 15 is 0 Å². The van der Waals surface area contributed by atoms with Gasteiger partial charge >= 0.3 is 0 Å². The van der Waals surface area contributed by atoms with Crippen molar-refractivity contribution in [2.75, 3.05) is 21.3 Å². The van der Waals surface area contributed by atoms with Crippen molar-refractivity contribution in [3.63, 3.8) is 0 Å². The Morgan fingerprint density at radius 3 is 2.31 bits per heavy atom. The Balaban J connectivity index is 2.15. The van der Waals surface area contributed by atoms with Crippen LogP contribution in [0.3, 0.4) is 0 Å². The molecule has 1 heterocycles. The van der Waals surface area contributed by atoms with Crippen LogP contribution in [0.4, 0.5) is 5.69 Å². The normalized spacial score (nSPS) is 10.4. The molecule has 0 aliphatic heterocycles. The molecule has 0 aliphatic carbocycles. The highest BCUT2D eigenvalue weighted by Crippen LogP contribution is 2.44. The molecule has 8 nitrogen and oxygen atoms in total. The zero-order chi connectivity index (χ0) is 18.7. The van der Waals surface area contributed by atoms with Gasteiger partial charge in [0.1, 0.15) is 5.75 Å². The van der Waals surface area contributed by atoms with Gasteiger partial charge in [-0.05, 0) is 23.8 Å². The summed E-state index contributed by atoms with van der Waals surface area (Å²) in [5.74, 6) is 1.94. The number of hydrogen-bond donors (Lipinski definition) is 0. The number of aromatic nitrogens is 1. The predicted octanol–water partition coefficient (Wildman–Crippen LogP) is 3.94. The van der Waals surface area contributed by atoms with E-state index in [2.05, 4.69) is 5.16 Å². The molecule has 0 radical (unpaired) electrons. The third kappa shape index (κ3) is 3.04. The molecule has 0 saturated carbocycles. The van der Waals surface area contributed by atoms with Crippen LogP contribution in [0.2, 0.25) is 0 Å². The highest BCUT2D eigenvalue weighted by atomic mass is 16.6. The van der Waals surface area contributed by atoms with E-state index in [9.17, 15) is 10.1 Å². The van der Waals surface area contributed by atoms with Crippen LogP contribution in [0.15, 0.2) is 47.1 Å². The Morgan fingerprint density at radius 1 is 1.00 bits per heavy atom. The standard InChI is InChI=1S/C18H16N2O6/c1-23-13-8-14(18(25-3)16(9-13)24-2)17-15(10-19-26-17)11-4-6-12(7-5-11)20(21)22/h4-10H,1-3H3. The second-order valence-electron chi connectivity index (χ2n) is 5.28. The second-order valence-corrected chi connectivity index (χ2v) is 5.28. The fourth-order valence-corrected chi connectivity index (χ4v) is 2.63. The molecule has 0 bridgehead atoms. The van der Waals surface area contributed by atoms with Gasteiger partial charge in [0, 0.05) is 23.8 Å². The molecule has 3 rings (SSSR count).